The van der Waals surface area contributed by atoms with Gasteiger partial charge in [0.05, 0.1) is 15.8 Å². The number of carbonyl (C=O) groups excluding carboxylic acids is 1. The van der Waals surface area contributed by atoms with Crippen molar-refractivity contribution in [2.45, 2.75) is 25.1 Å². The lowest BCUT2D eigenvalue weighted by atomic mass is 9.86. The number of hydrogen-bond acceptors (Lipinski definition) is 3. The lowest BCUT2D eigenvalue weighted by Crippen LogP contribution is -2.42. The molecule has 3 nitrogen and oxygen atoms in total. The number of nitrogens with zero attached hydrogens (tertiary/aromatic N) is 1. The molecular weight excluding hydrogens is 445 g/mol. The van der Waals surface area contributed by atoms with Crippen LogP contribution < -0.4 is 0 Å². The summed E-state index contributed by atoms with van der Waals surface area (Å²) in [5.74, 6) is -1.03. The quantitative estimate of drug-likeness (QED) is 0.306. The highest BCUT2D eigenvalue weighted by atomic mass is 35.5. The zero-order valence-corrected chi connectivity index (χ0v) is 16.3. The van der Waals surface area contributed by atoms with Gasteiger partial charge in [-0.15, -0.1) is 0 Å². The number of benzene rings is 2. The minimum atomic E-state index is -4.90. The summed E-state index contributed by atoms with van der Waals surface area (Å²) in [6, 6.07) is 5.92. The molecule has 3 rings (SSSR count). The predicted molar refractivity (Wildman–Crippen MR) is 97.8 cm³/mol. The van der Waals surface area contributed by atoms with Crippen LogP contribution in [0.4, 0.5) is 17.6 Å². The lowest BCUT2D eigenvalue weighted by molar-refractivity contribution is -0.275. The fraction of sp³-hybridized carbons (Fsp3) is 0.222. The van der Waals surface area contributed by atoms with Gasteiger partial charge >= 0.3 is 6.18 Å². The lowest BCUT2D eigenvalue weighted by Gasteiger charge is -2.29. The van der Waals surface area contributed by atoms with Gasteiger partial charge in [-0.1, -0.05) is 34.4 Å². The van der Waals surface area contributed by atoms with Gasteiger partial charge in [-0.3, -0.25) is 4.79 Å². The third-order valence-electron chi connectivity index (χ3n) is 4.41. The Kier molecular flexibility index (Phi) is 5.38. The van der Waals surface area contributed by atoms with E-state index in [-0.39, 0.29) is 11.3 Å². The number of carbonyl (C=O) groups is 1. The van der Waals surface area contributed by atoms with Gasteiger partial charge in [-0.05, 0) is 53.9 Å². The van der Waals surface area contributed by atoms with E-state index in [9.17, 15) is 22.4 Å². The van der Waals surface area contributed by atoms with Crippen molar-refractivity contribution in [3.8, 4) is 0 Å². The number of hydrogen-bond donors (Lipinski definition) is 0. The first-order valence-electron chi connectivity index (χ1n) is 7.74. The van der Waals surface area contributed by atoms with E-state index in [1.807, 2.05) is 0 Å². The minimum Gasteiger partial charge on any atom is -0.374 e. The SMILES string of the molecule is Cc1cc(C2=NOC(c3cc(Cl)c(F)c(Cl)c3)(C(F)(F)F)C2)ccc1C(=O)Cl. The number of oxime groups is 1. The molecule has 1 atom stereocenters. The van der Waals surface area contributed by atoms with E-state index in [1.54, 1.807) is 6.92 Å². The van der Waals surface area contributed by atoms with Crippen LogP contribution in [0.1, 0.15) is 33.5 Å². The van der Waals surface area contributed by atoms with Gasteiger partial charge in [-0.2, -0.15) is 13.2 Å². The van der Waals surface area contributed by atoms with Crippen LogP contribution in [0, 0.1) is 12.7 Å². The Morgan fingerprint density at radius 1 is 1.18 bits per heavy atom. The predicted octanol–water partition coefficient (Wildman–Crippen LogP) is 6.40. The molecule has 2 aromatic carbocycles. The highest BCUT2D eigenvalue weighted by Crippen LogP contribution is 2.50. The Morgan fingerprint density at radius 2 is 1.79 bits per heavy atom. The van der Waals surface area contributed by atoms with E-state index in [0.29, 0.717) is 11.1 Å². The maximum Gasteiger partial charge on any atom is 0.435 e. The van der Waals surface area contributed by atoms with Crippen LogP contribution in [0.5, 0.6) is 0 Å². The monoisotopic (exact) mass is 453 g/mol. The molecule has 0 saturated carbocycles. The molecule has 0 aromatic heterocycles. The molecule has 0 saturated heterocycles. The number of aryl methyl sites for hydroxylation is 1. The summed E-state index contributed by atoms with van der Waals surface area (Å²) < 4.78 is 55.5. The maximum absolute atomic E-state index is 14.0. The zero-order valence-electron chi connectivity index (χ0n) is 14.0. The average Bonchev–Trinajstić information content (AvgIpc) is 3.05. The molecule has 10 heteroatoms. The van der Waals surface area contributed by atoms with Crippen LogP contribution in [-0.4, -0.2) is 17.1 Å². The van der Waals surface area contributed by atoms with E-state index in [1.165, 1.54) is 18.2 Å². The van der Waals surface area contributed by atoms with Crippen LogP contribution in [0.3, 0.4) is 0 Å². The zero-order chi connectivity index (χ0) is 20.9. The molecular formula is C18H10Cl3F4NO2. The van der Waals surface area contributed by atoms with Crippen LogP contribution in [0.2, 0.25) is 10.0 Å². The van der Waals surface area contributed by atoms with Crippen molar-refractivity contribution in [2.24, 2.45) is 5.16 Å². The van der Waals surface area contributed by atoms with Crippen LogP contribution in [0.15, 0.2) is 35.5 Å². The Hall–Kier alpha value is -1.83. The molecule has 2 aromatic rings. The van der Waals surface area contributed by atoms with Crippen molar-refractivity contribution in [3.63, 3.8) is 0 Å². The van der Waals surface area contributed by atoms with Gasteiger partial charge in [0, 0.05) is 17.5 Å². The summed E-state index contributed by atoms with van der Waals surface area (Å²) in [7, 11) is 0. The highest BCUT2D eigenvalue weighted by Gasteiger charge is 2.62. The third kappa shape index (κ3) is 3.47. The number of rotatable bonds is 3. The van der Waals surface area contributed by atoms with Crippen molar-refractivity contribution in [1.29, 1.82) is 0 Å². The standard InChI is InChI=1S/C18H10Cl3F4NO2/c1-8-4-9(2-3-11(8)16(21)27)14-7-17(28-26-14,18(23,24)25)10-5-12(19)15(22)13(20)6-10/h2-6H,7H2,1H3. The van der Waals surface area contributed by atoms with Gasteiger partial charge in [0.15, 0.2) is 5.82 Å². The maximum atomic E-state index is 14.0. The van der Waals surface area contributed by atoms with Gasteiger partial charge in [0.25, 0.3) is 10.8 Å². The number of alkyl halides is 3. The van der Waals surface area contributed by atoms with E-state index in [4.69, 9.17) is 39.6 Å². The Bertz CT molecular complexity index is 984. The van der Waals surface area contributed by atoms with Gasteiger partial charge < -0.3 is 4.84 Å². The molecule has 0 radical (unpaired) electrons. The normalized spacial score (nSPS) is 19.4. The molecule has 0 amide bonds. The smallest absolute Gasteiger partial charge is 0.374 e. The summed E-state index contributed by atoms with van der Waals surface area (Å²) in [6.45, 7) is 1.59. The molecule has 1 unspecified atom stereocenters. The first-order chi connectivity index (χ1) is 13.0. The van der Waals surface area contributed by atoms with E-state index in [2.05, 4.69) is 5.16 Å². The molecule has 1 heterocycles. The summed E-state index contributed by atoms with van der Waals surface area (Å²) in [5, 5.41) is 1.78. The second kappa shape index (κ2) is 7.21. The van der Waals surface area contributed by atoms with Crippen molar-refractivity contribution >= 4 is 45.8 Å². The topological polar surface area (TPSA) is 38.7 Å². The third-order valence-corrected chi connectivity index (χ3v) is 5.16. The van der Waals surface area contributed by atoms with E-state index >= 15 is 0 Å². The average molecular weight is 455 g/mol. The van der Waals surface area contributed by atoms with Gasteiger partial charge in [-0.25, -0.2) is 4.39 Å². The molecule has 0 fully saturated rings. The Balaban J connectivity index is 2.04. The van der Waals surface area contributed by atoms with Crippen molar-refractivity contribution in [2.75, 3.05) is 0 Å². The first-order valence-corrected chi connectivity index (χ1v) is 8.87. The summed E-state index contributed by atoms with van der Waals surface area (Å²) in [6.07, 6.45) is -5.59. The molecule has 0 aliphatic carbocycles. The molecule has 0 N–H and O–H groups in total. The second-order valence-electron chi connectivity index (χ2n) is 6.19. The summed E-state index contributed by atoms with van der Waals surface area (Å²) >= 11 is 16.8. The van der Waals surface area contributed by atoms with Crippen molar-refractivity contribution in [1.82, 2.24) is 0 Å². The molecule has 0 bridgehead atoms. The van der Waals surface area contributed by atoms with Crippen molar-refractivity contribution < 1.29 is 27.2 Å². The molecule has 28 heavy (non-hydrogen) atoms. The Labute approximate surface area is 171 Å². The van der Waals surface area contributed by atoms with Crippen LogP contribution in [-0.2, 0) is 10.4 Å². The molecule has 0 spiro atoms. The van der Waals surface area contributed by atoms with Crippen molar-refractivity contribution in [3.05, 3.63) is 68.4 Å². The largest absolute Gasteiger partial charge is 0.435 e. The minimum absolute atomic E-state index is 0.00873. The van der Waals surface area contributed by atoms with E-state index in [0.717, 1.165) is 12.1 Å². The highest BCUT2D eigenvalue weighted by molar-refractivity contribution is 6.67. The summed E-state index contributed by atoms with van der Waals surface area (Å²) in [4.78, 5) is 16.2. The van der Waals surface area contributed by atoms with Gasteiger partial charge in [0.2, 0.25) is 0 Å². The molecule has 1 aliphatic heterocycles. The molecule has 1 aliphatic rings. The fourth-order valence-electron chi connectivity index (χ4n) is 2.91. The Morgan fingerprint density at radius 3 is 2.29 bits per heavy atom. The van der Waals surface area contributed by atoms with E-state index < -0.39 is 44.9 Å². The van der Waals surface area contributed by atoms with Crippen LogP contribution in [0.25, 0.3) is 0 Å². The molecule has 148 valence electrons. The second-order valence-corrected chi connectivity index (χ2v) is 7.35. The fourth-order valence-corrected chi connectivity index (χ4v) is 3.61. The van der Waals surface area contributed by atoms with Crippen LogP contribution >= 0.6 is 34.8 Å². The summed E-state index contributed by atoms with van der Waals surface area (Å²) in [5.41, 5.74) is -2.34. The first kappa shape index (κ1) is 20.9. The van der Waals surface area contributed by atoms with Gasteiger partial charge in [0.1, 0.15) is 0 Å². The number of halogens is 7.